The lowest BCUT2D eigenvalue weighted by Crippen LogP contribution is -2.41. The Morgan fingerprint density at radius 3 is 2.61 bits per heavy atom. The van der Waals surface area contributed by atoms with E-state index in [-0.39, 0.29) is 17.4 Å². The van der Waals surface area contributed by atoms with Crippen molar-refractivity contribution in [2.45, 2.75) is 39.2 Å². The van der Waals surface area contributed by atoms with Crippen molar-refractivity contribution >= 4 is 11.5 Å². The zero-order valence-corrected chi connectivity index (χ0v) is 20.6. The number of aromatic nitrogens is 3. The first kappa shape index (κ1) is 23.9. The molecule has 0 saturated carbocycles. The van der Waals surface area contributed by atoms with E-state index in [4.69, 9.17) is 9.47 Å². The summed E-state index contributed by atoms with van der Waals surface area (Å²) in [5.41, 5.74) is 2.80. The molecule has 0 aliphatic carbocycles. The van der Waals surface area contributed by atoms with Gasteiger partial charge in [-0.15, -0.1) is 0 Å². The second-order valence-corrected chi connectivity index (χ2v) is 9.29. The molecule has 1 aromatic heterocycles. The molecule has 1 saturated heterocycles. The molecular formula is C27H31N5O4. The lowest BCUT2D eigenvalue weighted by Gasteiger charge is -2.31. The largest absolute Gasteiger partial charge is 0.508 e. The molecule has 0 unspecified atom stereocenters. The minimum absolute atomic E-state index is 0.0700. The Hall–Kier alpha value is -3.85. The lowest BCUT2D eigenvalue weighted by molar-refractivity contribution is 0.0671. The van der Waals surface area contributed by atoms with Gasteiger partial charge in [0.2, 0.25) is 0 Å². The normalized spacial score (nSPS) is 16.1. The Morgan fingerprint density at radius 2 is 1.92 bits per heavy atom. The number of nitrogens with zero attached hydrogens (tertiary/aromatic N) is 4. The van der Waals surface area contributed by atoms with Gasteiger partial charge in [-0.2, -0.15) is 5.10 Å². The number of amidine groups is 1. The molecule has 0 bridgehead atoms. The summed E-state index contributed by atoms with van der Waals surface area (Å²) in [6.07, 6.45) is 3.13. The molecule has 3 aromatic rings. The van der Waals surface area contributed by atoms with Crippen LogP contribution in [-0.2, 0) is 11.3 Å². The Kier molecular flexibility index (Phi) is 6.90. The number of ether oxygens (including phenoxy) is 2. The molecule has 0 amide bonds. The van der Waals surface area contributed by atoms with Crippen molar-refractivity contribution in [3.8, 4) is 22.9 Å². The van der Waals surface area contributed by atoms with Crippen molar-refractivity contribution in [3.05, 3.63) is 70.3 Å². The monoisotopic (exact) mass is 489 g/mol. The number of rotatable bonds is 6. The number of aromatic hydroxyl groups is 1. The van der Waals surface area contributed by atoms with Crippen LogP contribution in [-0.4, -0.2) is 56.9 Å². The zero-order valence-electron chi connectivity index (χ0n) is 20.6. The number of hydrogen-bond donors (Lipinski definition) is 2. The number of benzene rings is 2. The van der Waals surface area contributed by atoms with Crippen LogP contribution in [0, 0.1) is 0 Å². The van der Waals surface area contributed by atoms with Gasteiger partial charge >= 0.3 is 5.69 Å². The third kappa shape index (κ3) is 4.92. The van der Waals surface area contributed by atoms with Gasteiger partial charge in [-0.25, -0.2) is 19.5 Å². The Bertz CT molecular complexity index is 1330. The molecule has 3 heterocycles. The third-order valence-corrected chi connectivity index (χ3v) is 6.53. The summed E-state index contributed by atoms with van der Waals surface area (Å²) in [5, 5.41) is 17.6. The van der Waals surface area contributed by atoms with Gasteiger partial charge < -0.3 is 19.5 Å². The molecule has 2 aliphatic rings. The van der Waals surface area contributed by atoms with Gasteiger partial charge in [0, 0.05) is 37.5 Å². The molecule has 188 valence electrons. The Labute approximate surface area is 209 Å². The number of phenols is 1. The van der Waals surface area contributed by atoms with Gasteiger partial charge in [0.25, 0.3) is 0 Å². The van der Waals surface area contributed by atoms with E-state index in [0.717, 1.165) is 42.2 Å². The fourth-order valence-electron chi connectivity index (χ4n) is 4.57. The average Bonchev–Trinajstić information content (AvgIpc) is 3.29. The first-order chi connectivity index (χ1) is 17.5. The van der Waals surface area contributed by atoms with Gasteiger partial charge in [0.15, 0.2) is 5.82 Å². The number of H-pyrrole nitrogens is 1. The maximum Gasteiger partial charge on any atom is 0.348 e. The maximum absolute atomic E-state index is 12.9. The van der Waals surface area contributed by atoms with E-state index in [2.05, 4.69) is 20.1 Å². The number of nitrogens with one attached hydrogen (secondary N) is 1. The van der Waals surface area contributed by atoms with Crippen molar-refractivity contribution < 1.29 is 14.6 Å². The van der Waals surface area contributed by atoms with E-state index in [9.17, 15) is 9.90 Å². The van der Waals surface area contributed by atoms with E-state index in [0.29, 0.717) is 43.4 Å². The maximum atomic E-state index is 12.9. The van der Waals surface area contributed by atoms with Crippen LogP contribution in [0.15, 0.2) is 58.5 Å². The number of hydrogen-bond acceptors (Lipinski definition) is 7. The topological polar surface area (TPSA) is 105 Å². The summed E-state index contributed by atoms with van der Waals surface area (Å²) in [4.78, 5) is 19.8. The predicted molar refractivity (Wildman–Crippen MR) is 138 cm³/mol. The standard InChI is InChI=1S/C27H31N5O4/c1-18(2)21-14-22(24(15-23(21)33)36-17-19-6-4-3-5-7-19)26-29-30-27(34)32(26)20-8-9-25(28-16-20)31-10-12-35-13-11-31/h3-7,14-16,18,33H,8-13,17H2,1-2H3,(H,30,34). The SMILES string of the molecule is CC(C)c1cc(-c2n[nH]c(=O)n2C2=CN=C(N3CCOCC3)CC2)c(OCc2ccccc2)cc1O. The zero-order chi connectivity index (χ0) is 25.1. The fourth-order valence-corrected chi connectivity index (χ4v) is 4.57. The van der Waals surface area contributed by atoms with E-state index in [1.54, 1.807) is 16.8 Å². The Morgan fingerprint density at radius 1 is 1.14 bits per heavy atom. The predicted octanol–water partition coefficient (Wildman–Crippen LogP) is 3.97. The number of phenolic OH excluding ortho intramolecular Hbond substituents is 1. The minimum Gasteiger partial charge on any atom is -0.508 e. The molecule has 0 atom stereocenters. The van der Waals surface area contributed by atoms with Crippen molar-refractivity contribution in [1.29, 1.82) is 0 Å². The number of morpholine rings is 1. The second-order valence-electron chi connectivity index (χ2n) is 9.29. The third-order valence-electron chi connectivity index (χ3n) is 6.53. The molecule has 9 nitrogen and oxygen atoms in total. The highest BCUT2D eigenvalue weighted by atomic mass is 16.5. The quantitative estimate of drug-likeness (QED) is 0.543. The highest BCUT2D eigenvalue weighted by molar-refractivity contribution is 5.86. The number of aliphatic imine (C=N–C) groups is 1. The Balaban J connectivity index is 1.52. The molecule has 2 N–H and O–H groups in total. The molecule has 2 aliphatic heterocycles. The summed E-state index contributed by atoms with van der Waals surface area (Å²) in [6, 6.07) is 13.3. The summed E-state index contributed by atoms with van der Waals surface area (Å²) >= 11 is 0. The van der Waals surface area contributed by atoms with Gasteiger partial charge in [-0.05, 0) is 29.5 Å². The first-order valence-corrected chi connectivity index (χ1v) is 12.3. The fraction of sp³-hybridized carbons (Fsp3) is 0.370. The number of aromatic amines is 1. The van der Waals surface area contributed by atoms with Gasteiger partial charge in [0.05, 0.1) is 18.8 Å². The first-order valence-electron chi connectivity index (χ1n) is 12.3. The summed E-state index contributed by atoms with van der Waals surface area (Å²) in [5.74, 6) is 2.12. The van der Waals surface area contributed by atoms with E-state index in [1.165, 1.54) is 0 Å². The van der Waals surface area contributed by atoms with Crippen molar-refractivity contribution in [2.24, 2.45) is 4.99 Å². The van der Waals surface area contributed by atoms with Crippen LogP contribution < -0.4 is 10.4 Å². The van der Waals surface area contributed by atoms with Crippen molar-refractivity contribution in [1.82, 2.24) is 19.7 Å². The van der Waals surface area contributed by atoms with E-state index >= 15 is 0 Å². The molecule has 0 radical (unpaired) electrons. The molecule has 5 rings (SSSR count). The van der Waals surface area contributed by atoms with Gasteiger partial charge in [-0.3, -0.25) is 0 Å². The molecule has 9 heteroatoms. The summed E-state index contributed by atoms with van der Waals surface area (Å²) in [6.45, 7) is 7.38. The van der Waals surface area contributed by atoms with E-state index < -0.39 is 0 Å². The summed E-state index contributed by atoms with van der Waals surface area (Å²) in [7, 11) is 0. The highest BCUT2D eigenvalue weighted by Crippen LogP contribution is 2.39. The van der Waals surface area contributed by atoms with Crippen LogP contribution in [0.4, 0.5) is 0 Å². The number of allylic oxidation sites excluding steroid dienone is 1. The minimum atomic E-state index is -0.338. The van der Waals surface area contributed by atoms with Crippen LogP contribution in [0.3, 0.4) is 0 Å². The second kappa shape index (κ2) is 10.4. The van der Waals surface area contributed by atoms with E-state index in [1.807, 2.05) is 50.2 Å². The highest BCUT2D eigenvalue weighted by Gasteiger charge is 2.24. The van der Waals surface area contributed by atoms with Crippen LogP contribution in [0.5, 0.6) is 11.5 Å². The summed E-state index contributed by atoms with van der Waals surface area (Å²) < 4.78 is 13.2. The molecular weight excluding hydrogens is 458 g/mol. The molecule has 0 spiro atoms. The molecule has 1 fully saturated rings. The smallest absolute Gasteiger partial charge is 0.348 e. The van der Waals surface area contributed by atoms with Crippen LogP contribution in [0.1, 0.15) is 43.7 Å². The van der Waals surface area contributed by atoms with Crippen LogP contribution in [0.2, 0.25) is 0 Å². The lowest BCUT2D eigenvalue weighted by atomic mass is 9.98. The molecule has 2 aromatic carbocycles. The van der Waals surface area contributed by atoms with Crippen LogP contribution in [0.25, 0.3) is 17.1 Å². The average molecular weight is 490 g/mol. The van der Waals surface area contributed by atoms with Crippen molar-refractivity contribution in [3.63, 3.8) is 0 Å². The van der Waals surface area contributed by atoms with Crippen LogP contribution >= 0.6 is 0 Å². The van der Waals surface area contributed by atoms with Gasteiger partial charge in [0.1, 0.15) is 23.9 Å². The van der Waals surface area contributed by atoms with Crippen molar-refractivity contribution in [2.75, 3.05) is 26.3 Å². The molecule has 36 heavy (non-hydrogen) atoms. The van der Waals surface area contributed by atoms with Gasteiger partial charge in [-0.1, -0.05) is 44.2 Å².